The van der Waals surface area contributed by atoms with Crippen LogP contribution in [0.25, 0.3) is 0 Å². The van der Waals surface area contributed by atoms with Crippen LogP contribution in [-0.4, -0.2) is 17.7 Å². The second-order valence-corrected chi connectivity index (χ2v) is 3.53. The fourth-order valence-corrected chi connectivity index (χ4v) is 1.41. The number of hydrogen-bond donors (Lipinski definition) is 1. The Morgan fingerprint density at radius 1 is 1.47 bits per heavy atom. The molecule has 1 aromatic rings. The third-order valence-electron chi connectivity index (χ3n) is 2.24. The van der Waals surface area contributed by atoms with E-state index in [2.05, 4.69) is 4.74 Å². The van der Waals surface area contributed by atoms with Crippen molar-refractivity contribution in [3.05, 3.63) is 35.4 Å². The number of aliphatic hydroxyl groups excluding tert-OH is 1. The first-order chi connectivity index (χ1) is 8.04. The van der Waals surface area contributed by atoms with Crippen LogP contribution in [0.5, 0.6) is 0 Å². The van der Waals surface area contributed by atoms with Crippen LogP contribution in [0.3, 0.4) is 0 Å². The molecule has 1 rings (SSSR count). The number of rotatable bonds is 5. The molecular weight excluding hydrogens is 230 g/mol. The van der Waals surface area contributed by atoms with Gasteiger partial charge in [0.1, 0.15) is 11.6 Å². The van der Waals surface area contributed by atoms with Crippen molar-refractivity contribution in [2.24, 2.45) is 0 Å². The van der Waals surface area contributed by atoms with Crippen LogP contribution in [0.4, 0.5) is 8.78 Å². The Morgan fingerprint density at radius 3 is 2.82 bits per heavy atom. The minimum absolute atomic E-state index is 0.000787. The molecule has 0 aliphatic carbocycles. The van der Waals surface area contributed by atoms with Gasteiger partial charge in [0.15, 0.2) is 0 Å². The van der Waals surface area contributed by atoms with E-state index in [1.807, 2.05) is 0 Å². The number of ether oxygens (including phenoxy) is 1. The summed E-state index contributed by atoms with van der Waals surface area (Å²) in [4.78, 5) is 11.0. The molecule has 0 spiro atoms. The van der Waals surface area contributed by atoms with Gasteiger partial charge in [-0.15, -0.1) is 0 Å². The minimum atomic E-state index is -1.21. The summed E-state index contributed by atoms with van der Waals surface area (Å²) in [7, 11) is 0. The van der Waals surface area contributed by atoms with Crippen molar-refractivity contribution in [3.63, 3.8) is 0 Å². The van der Waals surface area contributed by atoms with Gasteiger partial charge in [0.05, 0.1) is 12.7 Å². The van der Waals surface area contributed by atoms with Gasteiger partial charge in [0.2, 0.25) is 0 Å². The number of carbonyl (C=O) groups excluding carboxylic acids is 1. The summed E-state index contributed by atoms with van der Waals surface area (Å²) in [5, 5.41) is 9.63. The van der Waals surface area contributed by atoms with E-state index in [9.17, 15) is 18.7 Å². The highest BCUT2D eigenvalue weighted by atomic mass is 19.1. The molecule has 0 aromatic heterocycles. The molecule has 0 heterocycles. The Kier molecular flexibility index (Phi) is 5.03. The van der Waals surface area contributed by atoms with Crippen molar-refractivity contribution in [1.29, 1.82) is 0 Å². The predicted molar refractivity (Wildman–Crippen MR) is 57.2 cm³/mol. The summed E-state index contributed by atoms with van der Waals surface area (Å²) in [5.41, 5.74) is -0.144. The Labute approximate surface area is 98.0 Å². The summed E-state index contributed by atoms with van der Waals surface area (Å²) in [6, 6.07) is 2.83. The lowest BCUT2D eigenvalue weighted by molar-refractivity contribution is -0.143. The number of hydrogen-bond acceptors (Lipinski definition) is 3. The van der Waals surface area contributed by atoms with E-state index < -0.39 is 23.7 Å². The fraction of sp³-hybridized carbons (Fsp3) is 0.417. The Morgan fingerprint density at radius 2 is 2.18 bits per heavy atom. The second-order valence-electron chi connectivity index (χ2n) is 3.53. The molecule has 0 radical (unpaired) electrons. The van der Waals surface area contributed by atoms with Crippen LogP contribution in [0.15, 0.2) is 18.2 Å². The smallest absolute Gasteiger partial charge is 0.305 e. The van der Waals surface area contributed by atoms with Gasteiger partial charge >= 0.3 is 5.97 Å². The Hall–Kier alpha value is -1.49. The summed E-state index contributed by atoms with van der Waals surface area (Å²) < 4.78 is 30.8. The number of benzene rings is 1. The molecule has 0 amide bonds. The van der Waals surface area contributed by atoms with E-state index in [-0.39, 0.29) is 25.0 Å². The molecule has 5 heteroatoms. The molecule has 17 heavy (non-hydrogen) atoms. The lowest BCUT2D eigenvalue weighted by Gasteiger charge is -2.11. The first kappa shape index (κ1) is 13.6. The third kappa shape index (κ3) is 4.11. The van der Waals surface area contributed by atoms with Crippen molar-refractivity contribution in [2.45, 2.75) is 25.9 Å². The predicted octanol–water partition coefficient (Wildman–Crippen LogP) is 2.34. The summed E-state index contributed by atoms with van der Waals surface area (Å²) in [5.74, 6) is -1.79. The molecule has 1 N–H and O–H groups in total. The zero-order valence-corrected chi connectivity index (χ0v) is 9.45. The Bertz CT molecular complexity index is 393. The molecular formula is C12H14F2O3. The first-order valence-electron chi connectivity index (χ1n) is 5.33. The largest absolute Gasteiger partial charge is 0.466 e. The van der Waals surface area contributed by atoms with E-state index in [1.54, 1.807) is 6.92 Å². The van der Waals surface area contributed by atoms with Crippen LogP contribution in [-0.2, 0) is 9.53 Å². The van der Waals surface area contributed by atoms with Gasteiger partial charge in [-0.2, -0.15) is 0 Å². The van der Waals surface area contributed by atoms with Gasteiger partial charge in [-0.25, -0.2) is 8.78 Å². The molecule has 0 aliphatic rings. The maximum absolute atomic E-state index is 13.2. The molecule has 1 aromatic carbocycles. The molecule has 94 valence electrons. The van der Waals surface area contributed by atoms with E-state index in [1.165, 1.54) is 0 Å². The minimum Gasteiger partial charge on any atom is -0.466 e. The van der Waals surface area contributed by atoms with E-state index in [4.69, 9.17) is 0 Å². The molecule has 3 nitrogen and oxygen atoms in total. The number of esters is 1. The van der Waals surface area contributed by atoms with Crippen LogP contribution in [0.1, 0.15) is 31.4 Å². The maximum Gasteiger partial charge on any atom is 0.305 e. The molecule has 1 atom stereocenters. The van der Waals surface area contributed by atoms with Gasteiger partial charge in [-0.3, -0.25) is 4.79 Å². The number of carbonyl (C=O) groups is 1. The normalized spacial score (nSPS) is 12.2. The van der Waals surface area contributed by atoms with E-state index >= 15 is 0 Å². The zero-order valence-electron chi connectivity index (χ0n) is 9.45. The summed E-state index contributed by atoms with van der Waals surface area (Å²) in [6.07, 6.45) is -1.25. The standard InChI is InChI=1S/C12H14F2O3/c1-2-17-12(16)6-5-11(15)9-7-8(13)3-4-10(9)14/h3-4,7,11,15H,2,5-6H2,1H3. The van der Waals surface area contributed by atoms with Crippen LogP contribution in [0, 0.1) is 11.6 Å². The van der Waals surface area contributed by atoms with Crippen molar-refractivity contribution < 1.29 is 23.4 Å². The van der Waals surface area contributed by atoms with Crippen molar-refractivity contribution in [1.82, 2.24) is 0 Å². The maximum atomic E-state index is 13.2. The lowest BCUT2D eigenvalue weighted by Crippen LogP contribution is -2.08. The van der Waals surface area contributed by atoms with E-state index in [0.29, 0.717) is 0 Å². The second kappa shape index (κ2) is 6.30. The fourth-order valence-electron chi connectivity index (χ4n) is 1.41. The molecule has 0 saturated heterocycles. The van der Waals surface area contributed by atoms with Crippen molar-refractivity contribution >= 4 is 5.97 Å². The van der Waals surface area contributed by atoms with Crippen LogP contribution >= 0.6 is 0 Å². The zero-order chi connectivity index (χ0) is 12.8. The number of aliphatic hydroxyl groups is 1. The van der Waals surface area contributed by atoms with Gasteiger partial charge < -0.3 is 9.84 Å². The highest BCUT2D eigenvalue weighted by molar-refractivity contribution is 5.69. The van der Waals surface area contributed by atoms with Gasteiger partial charge in [0, 0.05) is 12.0 Å². The van der Waals surface area contributed by atoms with Gasteiger partial charge in [0.25, 0.3) is 0 Å². The SMILES string of the molecule is CCOC(=O)CCC(O)c1cc(F)ccc1F. The Balaban J connectivity index is 2.60. The highest BCUT2D eigenvalue weighted by Gasteiger charge is 2.15. The molecule has 0 aliphatic heterocycles. The lowest BCUT2D eigenvalue weighted by atomic mass is 10.0. The van der Waals surface area contributed by atoms with Crippen molar-refractivity contribution in [3.8, 4) is 0 Å². The summed E-state index contributed by atoms with van der Waals surface area (Å²) in [6.45, 7) is 1.92. The monoisotopic (exact) mass is 244 g/mol. The first-order valence-corrected chi connectivity index (χ1v) is 5.33. The van der Waals surface area contributed by atoms with E-state index in [0.717, 1.165) is 18.2 Å². The van der Waals surface area contributed by atoms with Crippen molar-refractivity contribution in [2.75, 3.05) is 6.61 Å². The molecule has 0 bridgehead atoms. The average molecular weight is 244 g/mol. The quantitative estimate of drug-likeness (QED) is 0.809. The highest BCUT2D eigenvalue weighted by Crippen LogP contribution is 2.22. The van der Waals surface area contributed by atoms with Crippen LogP contribution < -0.4 is 0 Å². The van der Waals surface area contributed by atoms with Gasteiger partial charge in [-0.1, -0.05) is 0 Å². The molecule has 0 saturated carbocycles. The molecule has 0 fully saturated rings. The number of halogens is 2. The molecule has 1 unspecified atom stereocenters. The van der Waals surface area contributed by atoms with Gasteiger partial charge in [-0.05, 0) is 31.5 Å². The summed E-state index contributed by atoms with van der Waals surface area (Å²) >= 11 is 0. The topological polar surface area (TPSA) is 46.5 Å². The average Bonchev–Trinajstić information content (AvgIpc) is 2.29. The third-order valence-corrected chi connectivity index (χ3v) is 2.24. The van der Waals surface area contributed by atoms with Crippen LogP contribution in [0.2, 0.25) is 0 Å².